The Morgan fingerprint density at radius 2 is 1.11 bits per heavy atom. The van der Waals surface area contributed by atoms with Crippen LogP contribution in [-0.4, -0.2) is 0 Å². The minimum Gasteiger partial charge on any atom is -0.455 e. The van der Waals surface area contributed by atoms with Crippen LogP contribution in [0.2, 0.25) is 0 Å². The molecular weight excluding hydrogens is 1020 g/mol. The minimum absolute atomic E-state index is 0.330. The van der Waals surface area contributed by atoms with Gasteiger partial charge < -0.3 is 14.2 Å². The summed E-state index contributed by atoms with van der Waals surface area (Å²) in [7, 11) is 0. The molecule has 10 aromatic rings. The molecule has 1 unspecified atom stereocenters. The monoisotopic (exact) mass is 1090 g/mol. The fourth-order valence-electron chi connectivity index (χ4n) is 13.6. The van der Waals surface area contributed by atoms with Gasteiger partial charge in [0.2, 0.25) is 0 Å². The van der Waals surface area contributed by atoms with Gasteiger partial charge in [0.05, 0.1) is 22.4 Å². The third-order valence-electron chi connectivity index (χ3n) is 17.9. The van der Waals surface area contributed by atoms with Crippen molar-refractivity contribution in [3.63, 3.8) is 0 Å². The molecule has 1 spiro atoms. The number of para-hydroxylation sites is 1. The van der Waals surface area contributed by atoms with E-state index >= 15 is 0 Å². The predicted molar refractivity (Wildman–Crippen MR) is 360 cm³/mol. The summed E-state index contributed by atoms with van der Waals surface area (Å²) >= 11 is 0. The highest BCUT2D eigenvalue weighted by Gasteiger charge is 2.53. The Hall–Kier alpha value is -9.44. The maximum absolute atomic E-state index is 7.58. The van der Waals surface area contributed by atoms with Gasteiger partial charge in [0.15, 0.2) is 0 Å². The van der Waals surface area contributed by atoms with E-state index < -0.39 is 5.41 Å². The molecule has 0 saturated carbocycles. The Morgan fingerprint density at radius 3 is 1.74 bits per heavy atom. The standard InChI is InChI=1S/C81H74N2O/c1-13-27-66-56(10)81(73-36-25-23-32-67(66)73)57(11)77(79-69-34-22-21-33-68(69)75(50-74(79)81)83(63-46-42-60(43-47-63)52(5)6)65-45-39-54(8)72(49-65)62-30-19-16-20-31-62)80-78(70-35-24-26-37-76(70)84-80)58(12)82(55(9)40-41-59(14-2)51(3)4)64-44-38-53(7)71(48-64)61-28-17-15-18-29-61/h13-52H,9,12H2,1-8,10-11H3/b27-13-,41-40-,59-14+. The molecule has 3 heteroatoms. The molecule has 1 aromatic heterocycles. The molecule has 0 saturated heterocycles. The number of anilines is 4. The second-order valence-electron chi connectivity index (χ2n) is 23.4. The number of allylic oxidation sites excluding steroid dienone is 9. The smallest absolute Gasteiger partial charge is 0.145 e. The van der Waals surface area contributed by atoms with Crippen molar-refractivity contribution in [1.29, 1.82) is 0 Å². The zero-order chi connectivity index (χ0) is 58.6. The molecule has 0 amide bonds. The van der Waals surface area contributed by atoms with Crippen molar-refractivity contribution in [2.75, 3.05) is 9.80 Å². The van der Waals surface area contributed by atoms with E-state index in [1.807, 2.05) is 0 Å². The number of nitrogens with zero attached hydrogens (tertiary/aromatic N) is 2. The molecule has 0 bridgehead atoms. The van der Waals surface area contributed by atoms with Crippen LogP contribution in [0.4, 0.5) is 22.7 Å². The number of hydrogen-bond donors (Lipinski definition) is 0. The molecule has 12 rings (SSSR count). The van der Waals surface area contributed by atoms with Gasteiger partial charge in [-0.3, -0.25) is 0 Å². The van der Waals surface area contributed by atoms with E-state index in [9.17, 15) is 0 Å². The Labute approximate surface area is 498 Å². The van der Waals surface area contributed by atoms with Crippen LogP contribution >= 0.6 is 0 Å². The summed E-state index contributed by atoms with van der Waals surface area (Å²) < 4.78 is 7.58. The Kier molecular flexibility index (Phi) is 14.7. The van der Waals surface area contributed by atoms with Crippen LogP contribution in [-0.2, 0) is 5.41 Å². The number of fused-ring (bicyclic) bond motifs is 7. The average Bonchev–Trinajstić information content (AvgIpc) is 1.52. The topological polar surface area (TPSA) is 19.6 Å². The first-order valence-corrected chi connectivity index (χ1v) is 29.7. The lowest BCUT2D eigenvalue weighted by molar-refractivity contribution is 0.598. The number of rotatable bonds is 15. The molecule has 1 atom stereocenters. The first kappa shape index (κ1) is 55.1. The highest BCUT2D eigenvalue weighted by Crippen LogP contribution is 2.65. The summed E-state index contributed by atoms with van der Waals surface area (Å²) in [4.78, 5) is 4.75. The van der Waals surface area contributed by atoms with Gasteiger partial charge in [0, 0.05) is 39.1 Å². The zero-order valence-corrected chi connectivity index (χ0v) is 50.3. The molecule has 0 aliphatic heterocycles. The zero-order valence-electron chi connectivity index (χ0n) is 50.3. The average molecular weight is 1090 g/mol. The van der Waals surface area contributed by atoms with Crippen LogP contribution < -0.4 is 9.80 Å². The van der Waals surface area contributed by atoms with Crippen molar-refractivity contribution in [2.45, 2.75) is 80.6 Å². The van der Waals surface area contributed by atoms with Crippen LogP contribution in [0.1, 0.15) is 112 Å². The lowest BCUT2D eigenvalue weighted by atomic mass is 9.69. The van der Waals surface area contributed by atoms with Gasteiger partial charge in [-0.2, -0.15) is 0 Å². The van der Waals surface area contributed by atoms with Gasteiger partial charge in [0.25, 0.3) is 0 Å². The van der Waals surface area contributed by atoms with E-state index in [1.54, 1.807) is 0 Å². The van der Waals surface area contributed by atoms with Crippen molar-refractivity contribution in [3.05, 3.63) is 316 Å². The summed E-state index contributed by atoms with van der Waals surface area (Å²) in [6.45, 7) is 32.4. The molecule has 0 N–H and O–H groups in total. The van der Waals surface area contributed by atoms with Gasteiger partial charge in [-0.15, -0.1) is 0 Å². The number of furan rings is 1. The number of benzene rings is 9. The van der Waals surface area contributed by atoms with Crippen molar-refractivity contribution >= 4 is 61.3 Å². The first-order valence-electron chi connectivity index (χ1n) is 29.7. The molecule has 0 radical (unpaired) electrons. The second kappa shape index (κ2) is 22.4. The molecule has 2 aliphatic carbocycles. The minimum atomic E-state index is -0.699. The van der Waals surface area contributed by atoms with Gasteiger partial charge in [-0.05, 0) is 197 Å². The third kappa shape index (κ3) is 9.15. The summed E-state index contributed by atoms with van der Waals surface area (Å²) in [5, 5.41) is 3.25. The number of aryl methyl sites for hydroxylation is 2. The van der Waals surface area contributed by atoms with Crippen molar-refractivity contribution < 1.29 is 4.42 Å². The summed E-state index contributed by atoms with van der Waals surface area (Å²) in [5.41, 5.74) is 26.1. The molecule has 1 heterocycles. The maximum atomic E-state index is 7.58. The van der Waals surface area contributed by atoms with E-state index in [2.05, 4.69) is 310 Å². The van der Waals surface area contributed by atoms with E-state index in [1.165, 1.54) is 66.8 Å². The Bertz CT molecular complexity index is 4400. The molecule has 2 aliphatic rings. The molecule has 3 nitrogen and oxygen atoms in total. The summed E-state index contributed by atoms with van der Waals surface area (Å²) in [6, 6.07) is 73.5. The fourth-order valence-corrected chi connectivity index (χ4v) is 13.6. The highest BCUT2D eigenvalue weighted by molar-refractivity contribution is 6.14. The maximum Gasteiger partial charge on any atom is 0.145 e. The SMILES string of the molecule is C=C(/C=C\C(=C/C)C(C)C)N(C(=C)c1c(C2=C(C)C3(C(C)=C(/C=C\C)c4ccccc43)c3cc(N(c4ccc(C(C)C)cc4)c4ccc(C)c(-c5ccccc5)c4)c4ccccc4c32)oc2ccccc12)c1ccc(C)c(-c2ccccc2)c1. The van der Waals surface area contributed by atoms with Crippen LogP contribution in [0.25, 0.3) is 60.8 Å². The molecule has 9 aromatic carbocycles. The summed E-state index contributed by atoms with van der Waals surface area (Å²) in [5.74, 6) is 1.49. The highest BCUT2D eigenvalue weighted by atomic mass is 16.3. The van der Waals surface area contributed by atoms with E-state index in [0.717, 1.165) is 89.5 Å². The largest absolute Gasteiger partial charge is 0.455 e. The normalized spacial score (nSPS) is 15.0. The lowest BCUT2D eigenvalue weighted by Crippen LogP contribution is -2.27. The third-order valence-corrected chi connectivity index (χ3v) is 17.9. The number of hydrogen-bond acceptors (Lipinski definition) is 3. The van der Waals surface area contributed by atoms with Crippen molar-refractivity contribution in [2.24, 2.45) is 5.92 Å². The predicted octanol–water partition coefficient (Wildman–Crippen LogP) is 22.8. The molecule has 414 valence electrons. The molecular formula is C81H74N2O. The van der Waals surface area contributed by atoms with Gasteiger partial charge in [-0.25, -0.2) is 0 Å². The van der Waals surface area contributed by atoms with Crippen LogP contribution in [0.15, 0.2) is 271 Å². The molecule has 84 heavy (non-hydrogen) atoms. The van der Waals surface area contributed by atoms with Gasteiger partial charge in [0.1, 0.15) is 11.3 Å². The van der Waals surface area contributed by atoms with Crippen LogP contribution in [0, 0.1) is 19.8 Å². The Balaban J connectivity index is 1.17. The summed E-state index contributed by atoms with van der Waals surface area (Å²) in [6.07, 6.45) is 11.0. The van der Waals surface area contributed by atoms with Crippen molar-refractivity contribution in [1.82, 2.24) is 0 Å². The fraction of sp³-hybridized carbons (Fsp3) is 0.160. The van der Waals surface area contributed by atoms with E-state index in [4.69, 9.17) is 17.6 Å². The second-order valence-corrected chi connectivity index (χ2v) is 23.4. The molecule has 0 fully saturated rings. The van der Waals surface area contributed by atoms with Crippen molar-refractivity contribution in [3.8, 4) is 22.3 Å². The lowest BCUT2D eigenvalue weighted by Gasteiger charge is -2.34. The van der Waals surface area contributed by atoms with E-state index in [0.29, 0.717) is 11.8 Å². The first-order chi connectivity index (χ1) is 40.8. The van der Waals surface area contributed by atoms with Gasteiger partial charge in [-0.1, -0.05) is 217 Å². The van der Waals surface area contributed by atoms with Gasteiger partial charge >= 0.3 is 0 Å². The van der Waals surface area contributed by atoms with Crippen LogP contribution in [0.5, 0.6) is 0 Å². The van der Waals surface area contributed by atoms with E-state index in [-0.39, 0.29) is 0 Å². The Morgan fingerprint density at radius 1 is 0.536 bits per heavy atom. The quantitative estimate of drug-likeness (QED) is 0.0954. The van der Waals surface area contributed by atoms with Crippen LogP contribution in [0.3, 0.4) is 0 Å².